The van der Waals surface area contributed by atoms with Gasteiger partial charge in [0.15, 0.2) is 0 Å². The molecule has 1 N–H and O–H groups in total. The first-order valence-corrected chi connectivity index (χ1v) is 14.7. The lowest BCUT2D eigenvalue weighted by atomic mass is 10.1. The molecular formula is C27H37Cl2N3O4S. The van der Waals surface area contributed by atoms with E-state index in [1.54, 1.807) is 31.2 Å². The average Bonchev–Trinajstić information content (AvgIpc) is 2.76. The van der Waals surface area contributed by atoms with Crippen LogP contribution < -0.4 is 9.62 Å². The van der Waals surface area contributed by atoms with Gasteiger partial charge in [-0.15, -0.1) is 0 Å². The van der Waals surface area contributed by atoms with Crippen LogP contribution in [0, 0.1) is 13.8 Å². The predicted octanol–water partition coefficient (Wildman–Crippen LogP) is 5.49. The van der Waals surface area contributed by atoms with Crippen LogP contribution in [0.25, 0.3) is 0 Å². The fraction of sp³-hybridized carbons (Fsp3) is 0.481. The lowest BCUT2D eigenvalue weighted by Gasteiger charge is -2.32. The minimum absolute atomic E-state index is 0.0338. The highest BCUT2D eigenvalue weighted by Crippen LogP contribution is 2.28. The minimum Gasteiger partial charge on any atom is -0.350 e. The maximum absolute atomic E-state index is 13.5. The number of rotatable bonds is 10. The molecule has 0 radical (unpaired) electrons. The summed E-state index contributed by atoms with van der Waals surface area (Å²) in [6.07, 6.45) is 1.45. The average molecular weight is 571 g/mol. The van der Waals surface area contributed by atoms with E-state index in [0.717, 1.165) is 17.4 Å². The van der Waals surface area contributed by atoms with Crippen molar-refractivity contribution in [3.63, 3.8) is 0 Å². The first kappa shape index (κ1) is 30.9. The molecule has 0 saturated carbocycles. The second kappa shape index (κ2) is 12.5. The normalized spacial score (nSPS) is 12.7. The van der Waals surface area contributed by atoms with Crippen LogP contribution in [-0.2, 0) is 26.2 Å². The molecule has 0 aliphatic rings. The van der Waals surface area contributed by atoms with Gasteiger partial charge < -0.3 is 10.2 Å². The molecule has 2 aromatic carbocycles. The molecule has 0 heterocycles. The summed E-state index contributed by atoms with van der Waals surface area (Å²) < 4.78 is 26.5. The summed E-state index contributed by atoms with van der Waals surface area (Å²) >= 11 is 12.7. The number of nitrogens with zero attached hydrogens (tertiary/aromatic N) is 2. The zero-order chi connectivity index (χ0) is 28.1. The lowest BCUT2D eigenvalue weighted by Crippen LogP contribution is -2.52. The van der Waals surface area contributed by atoms with Crippen molar-refractivity contribution < 1.29 is 18.0 Å². The van der Waals surface area contributed by atoms with E-state index in [1.165, 1.54) is 9.21 Å². The second-order valence-corrected chi connectivity index (χ2v) is 13.0. The molecule has 0 aliphatic heterocycles. The molecule has 37 heavy (non-hydrogen) atoms. The zero-order valence-corrected chi connectivity index (χ0v) is 24.9. The third-order valence-corrected chi connectivity index (χ3v) is 7.94. The Labute approximate surface area is 231 Å². The van der Waals surface area contributed by atoms with Crippen molar-refractivity contribution in [1.29, 1.82) is 0 Å². The van der Waals surface area contributed by atoms with Crippen LogP contribution in [0.4, 0.5) is 5.69 Å². The van der Waals surface area contributed by atoms with Gasteiger partial charge in [-0.2, -0.15) is 0 Å². The van der Waals surface area contributed by atoms with Gasteiger partial charge in [-0.1, -0.05) is 41.4 Å². The van der Waals surface area contributed by atoms with Gasteiger partial charge in [-0.05, 0) is 77.3 Å². The van der Waals surface area contributed by atoms with Crippen LogP contribution in [-0.4, -0.2) is 49.5 Å². The van der Waals surface area contributed by atoms with Gasteiger partial charge in [0.25, 0.3) is 0 Å². The van der Waals surface area contributed by atoms with Crippen molar-refractivity contribution in [3.8, 4) is 0 Å². The number of halogens is 2. The Morgan fingerprint density at radius 2 is 1.59 bits per heavy atom. The van der Waals surface area contributed by atoms with Gasteiger partial charge in [-0.3, -0.25) is 13.9 Å². The van der Waals surface area contributed by atoms with Gasteiger partial charge in [0.2, 0.25) is 21.8 Å². The van der Waals surface area contributed by atoms with E-state index >= 15 is 0 Å². The first-order chi connectivity index (χ1) is 17.0. The van der Waals surface area contributed by atoms with Gasteiger partial charge in [0, 0.05) is 40.7 Å². The predicted molar refractivity (Wildman–Crippen MR) is 152 cm³/mol. The number of amides is 2. The number of nitrogens with one attached hydrogen (secondary N) is 1. The number of benzene rings is 2. The topological polar surface area (TPSA) is 86.8 Å². The molecule has 0 spiro atoms. The largest absolute Gasteiger partial charge is 0.350 e. The molecule has 204 valence electrons. The highest BCUT2D eigenvalue weighted by atomic mass is 35.5. The number of carbonyl (C=O) groups is 2. The van der Waals surface area contributed by atoms with Crippen molar-refractivity contribution in [1.82, 2.24) is 10.2 Å². The third-order valence-electron chi connectivity index (χ3n) is 6.05. The van der Waals surface area contributed by atoms with E-state index in [1.807, 2.05) is 46.8 Å². The van der Waals surface area contributed by atoms with E-state index in [2.05, 4.69) is 5.32 Å². The Morgan fingerprint density at radius 3 is 2.14 bits per heavy atom. The van der Waals surface area contributed by atoms with Crippen LogP contribution in [0.15, 0.2) is 36.4 Å². The minimum atomic E-state index is -3.58. The van der Waals surface area contributed by atoms with Gasteiger partial charge in [-0.25, -0.2) is 8.42 Å². The quantitative estimate of drug-likeness (QED) is 0.410. The number of sulfonamides is 1. The number of carbonyl (C=O) groups excluding carboxylic acids is 2. The fourth-order valence-electron chi connectivity index (χ4n) is 3.90. The number of aryl methyl sites for hydroxylation is 1. The molecule has 0 unspecified atom stereocenters. The molecule has 0 bridgehead atoms. The van der Waals surface area contributed by atoms with Crippen LogP contribution in [0.2, 0.25) is 10.0 Å². The van der Waals surface area contributed by atoms with E-state index in [0.29, 0.717) is 21.3 Å². The van der Waals surface area contributed by atoms with Crippen molar-refractivity contribution in [2.45, 2.75) is 72.5 Å². The fourth-order valence-corrected chi connectivity index (χ4v) is 5.43. The molecule has 10 heteroatoms. The van der Waals surface area contributed by atoms with Crippen LogP contribution >= 0.6 is 23.2 Å². The second-order valence-electron chi connectivity index (χ2n) is 10.3. The first-order valence-electron chi connectivity index (χ1n) is 12.1. The summed E-state index contributed by atoms with van der Waals surface area (Å²) in [7, 11) is -3.58. The maximum Gasteiger partial charge on any atom is 0.242 e. The molecule has 2 aromatic rings. The highest BCUT2D eigenvalue weighted by Gasteiger charge is 2.29. The Hall–Kier alpha value is -2.29. The van der Waals surface area contributed by atoms with E-state index in [-0.39, 0.29) is 37.7 Å². The van der Waals surface area contributed by atoms with Gasteiger partial charge in [0.1, 0.15) is 6.04 Å². The molecule has 0 saturated heterocycles. The van der Waals surface area contributed by atoms with E-state index < -0.39 is 21.6 Å². The summed E-state index contributed by atoms with van der Waals surface area (Å²) in [6, 6.07) is 9.76. The number of anilines is 1. The van der Waals surface area contributed by atoms with Crippen molar-refractivity contribution in [2.75, 3.05) is 17.1 Å². The van der Waals surface area contributed by atoms with E-state index in [4.69, 9.17) is 23.2 Å². The van der Waals surface area contributed by atoms with Crippen LogP contribution in [0.3, 0.4) is 0 Å². The SMILES string of the molecule is Cc1cccc(N(CCCC(=O)N(Cc2c(Cl)cccc2Cl)[C@@H](C)C(=O)NC(C)(C)C)S(C)(=O)=O)c1C. The van der Waals surface area contributed by atoms with Gasteiger partial charge >= 0.3 is 0 Å². The Kier molecular flexibility index (Phi) is 10.5. The summed E-state index contributed by atoms with van der Waals surface area (Å²) in [4.78, 5) is 27.9. The molecule has 0 aliphatic carbocycles. The Morgan fingerprint density at radius 1 is 1.03 bits per heavy atom. The summed E-state index contributed by atoms with van der Waals surface area (Å²) in [5.41, 5.74) is 2.49. The van der Waals surface area contributed by atoms with E-state index in [9.17, 15) is 18.0 Å². The summed E-state index contributed by atoms with van der Waals surface area (Å²) in [5.74, 6) is -0.612. The lowest BCUT2D eigenvalue weighted by molar-refractivity contribution is -0.141. The maximum atomic E-state index is 13.5. The zero-order valence-electron chi connectivity index (χ0n) is 22.6. The number of hydrogen-bond donors (Lipinski definition) is 1. The molecular weight excluding hydrogens is 533 g/mol. The standard InChI is InChI=1S/C27H37Cl2N3O4S/c1-18-11-8-14-24(19(18)2)32(37(7,35)36)16-10-15-25(33)31(20(3)26(34)30-27(4,5)6)17-21-22(28)12-9-13-23(21)29/h8-9,11-14,20H,10,15-17H2,1-7H3,(H,30,34)/t20-/m0/s1. The van der Waals surface area contributed by atoms with Crippen LogP contribution in [0.1, 0.15) is 57.2 Å². The highest BCUT2D eigenvalue weighted by molar-refractivity contribution is 7.92. The van der Waals surface area contributed by atoms with Crippen LogP contribution in [0.5, 0.6) is 0 Å². The smallest absolute Gasteiger partial charge is 0.242 e. The Bertz CT molecular complexity index is 1220. The Balaban J connectivity index is 2.28. The molecule has 1 atom stereocenters. The molecule has 2 amide bonds. The summed E-state index contributed by atoms with van der Waals surface area (Å²) in [5, 5.41) is 3.70. The van der Waals surface area contributed by atoms with Crippen molar-refractivity contribution in [2.24, 2.45) is 0 Å². The molecule has 0 aromatic heterocycles. The molecule has 2 rings (SSSR count). The third kappa shape index (κ3) is 8.62. The summed E-state index contributed by atoms with van der Waals surface area (Å²) in [6.45, 7) is 11.2. The van der Waals surface area contributed by atoms with Gasteiger partial charge in [0.05, 0.1) is 11.9 Å². The number of hydrogen-bond acceptors (Lipinski definition) is 4. The van der Waals surface area contributed by atoms with Crippen molar-refractivity contribution >= 4 is 50.7 Å². The molecule has 0 fully saturated rings. The molecule has 7 nitrogen and oxygen atoms in total. The monoisotopic (exact) mass is 569 g/mol. The van der Waals surface area contributed by atoms with Crippen molar-refractivity contribution in [3.05, 3.63) is 63.1 Å².